The number of nitrogens with zero attached hydrogens (tertiary/aromatic N) is 4. The molecule has 2 aromatic heterocycles. The molecule has 0 aliphatic rings. The summed E-state index contributed by atoms with van der Waals surface area (Å²) in [6.07, 6.45) is 3.09. The molecule has 0 saturated heterocycles. The van der Waals surface area contributed by atoms with E-state index < -0.39 is 0 Å². The normalized spacial score (nSPS) is 10.9. The number of aryl methyl sites for hydroxylation is 3. The van der Waals surface area contributed by atoms with Crippen LogP contribution < -0.4 is 15.6 Å². The van der Waals surface area contributed by atoms with Gasteiger partial charge >= 0.3 is 0 Å². The van der Waals surface area contributed by atoms with Gasteiger partial charge in [0.15, 0.2) is 5.65 Å². The summed E-state index contributed by atoms with van der Waals surface area (Å²) in [4.78, 5) is 29.7. The second-order valence-corrected chi connectivity index (χ2v) is 7.37. The second-order valence-electron chi connectivity index (χ2n) is 7.37. The highest BCUT2D eigenvalue weighted by Crippen LogP contribution is 2.25. The third-order valence-electron chi connectivity index (χ3n) is 5.04. The van der Waals surface area contributed by atoms with Gasteiger partial charge in [-0.05, 0) is 43.7 Å². The van der Waals surface area contributed by atoms with Crippen LogP contribution in [0.15, 0.2) is 59.8 Å². The Bertz CT molecular complexity index is 1310. The van der Waals surface area contributed by atoms with Crippen LogP contribution in [0.3, 0.4) is 0 Å². The lowest BCUT2D eigenvalue weighted by Crippen LogP contribution is -2.23. The molecule has 158 valence electrons. The van der Waals surface area contributed by atoms with E-state index in [4.69, 9.17) is 4.74 Å². The molecule has 0 aliphatic heterocycles. The molecule has 4 aromatic rings. The molecule has 0 aliphatic carbocycles. The zero-order valence-electron chi connectivity index (χ0n) is 17.6. The van der Waals surface area contributed by atoms with Crippen molar-refractivity contribution in [2.24, 2.45) is 0 Å². The van der Waals surface area contributed by atoms with E-state index in [9.17, 15) is 9.59 Å². The van der Waals surface area contributed by atoms with Gasteiger partial charge in [0.2, 0.25) is 5.91 Å². The monoisotopic (exact) mass is 417 g/mol. The maximum Gasteiger partial charge on any atom is 0.264 e. The molecular weight excluding hydrogens is 394 g/mol. The number of carbonyl (C=O) groups excluding carboxylic acids is 1. The lowest BCUT2D eigenvalue weighted by Gasteiger charge is -2.11. The summed E-state index contributed by atoms with van der Waals surface area (Å²) < 4.78 is 8.35. The second kappa shape index (κ2) is 8.43. The Morgan fingerprint density at radius 1 is 1.10 bits per heavy atom. The summed E-state index contributed by atoms with van der Waals surface area (Å²) in [7, 11) is 1.55. The van der Waals surface area contributed by atoms with Gasteiger partial charge in [-0.1, -0.05) is 23.8 Å². The average Bonchev–Trinajstić information content (AvgIpc) is 3.19. The Morgan fingerprint density at radius 3 is 2.58 bits per heavy atom. The van der Waals surface area contributed by atoms with Crippen molar-refractivity contribution in [3.63, 3.8) is 0 Å². The number of ether oxygens (including phenoxy) is 1. The first kappa shape index (κ1) is 20.3. The molecule has 0 bridgehead atoms. The topological polar surface area (TPSA) is 91.0 Å². The lowest BCUT2D eigenvalue weighted by atomic mass is 10.2. The molecule has 0 spiro atoms. The number of hydrogen-bond acceptors (Lipinski definition) is 5. The van der Waals surface area contributed by atoms with Crippen LogP contribution in [0.4, 0.5) is 5.69 Å². The Kier molecular flexibility index (Phi) is 5.53. The van der Waals surface area contributed by atoms with Crippen LogP contribution in [0.1, 0.15) is 17.5 Å². The molecule has 0 fully saturated rings. The molecule has 1 N–H and O–H groups in total. The van der Waals surface area contributed by atoms with Crippen LogP contribution in [-0.2, 0) is 11.3 Å². The molecule has 8 nitrogen and oxygen atoms in total. The van der Waals surface area contributed by atoms with Gasteiger partial charge in [-0.25, -0.2) is 9.67 Å². The number of anilines is 1. The summed E-state index contributed by atoms with van der Waals surface area (Å²) in [5.41, 5.74) is 3.83. The molecule has 2 heterocycles. The highest BCUT2D eigenvalue weighted by Gasteiger charge is 2.13. The minimum Gasteiger partial charge on any atom is -0.495 e. The summed E-state index contributed by atoms with van der Waals surface area (Å²) in [6.45, 7) is 4.15. The number of benzene rings is 2. The Hall–Kier alpha value is -3.94. The summed E-state index contributed by atoms with van der Waals surface area (Å²) >= 11 is 0. The van der Waals surface area contributed by atoms with E-state index in [0.29, 0.717) is 22.5 Å². The number of aromatic nitrogens is 4. The largest absolute Gasteiger partial charge is 0.495 e. The third kappa shape index (κ3) is 4.18. The highest BCUT2D eigenvalue weighted by molar-refractivity contribution is 5.92. The molecular formula is C23H23N5O3. The maximum absolute atomic E-state index is 12.9. The first-order chi connectivity index (χ1) is 15.0. The van der Waals surface area contributed by atoms with E-state index in [1.54, 1.807) is 17.9 Å². The average molecular weight is 417 g/mol. The van der Waals surface area contributed by atoms with E-state index in [2.05, 4.69) is 15.4 Å². The van der Waals surface area contributed by atoms with Gasteiger partial charge in [-0.15, -0.1) is 0 Å². The number of nitrogens with one attached hydrogen (secondary N) is 1. The fourth-order valence-corrected chi connectivity index (χ4v) is 3.34. The predicted molar refractivity (Wildman–Crippen MR) is 119 cm³/mol. The Morgan fingerprint density at radius 2 is 1.84 bits per heavy atom. The van der Waals surface area contributed by atoms with E-state index in [1.165, 1.54) is 17.1 Å². The van der Waals surface area contributed by atoms with Crippen LogP contribution in [0.5, 0.6) is 5.75 Å². The van der Waals surface area contributed by atoms with E-state index >= 15 is 0 Å². The van der Waals surface area contributed by atoms with Gasteiger partial charge in [0.1, 0.15) is 11.1 Å². The molecule has 0 atom stereocenters. The van der Waals surface area contributed by atoms with Gasteiger partial charge in [0, 0.05) is 13.0 Å². The summed E-state index contributed by atoms with van der Waals surface area (Å²) in [5.74, 6) is 0.369. The van der Waals surface area contributed by atoms with Crippen molar-refractivity contribution in [3.8, 4) is 11.4 Å². The van der Waals surface area contributed by atoms with Crippen LogP contribution >= 0.6 is 0 Å². The minimum absolute atomic E-state index is 0.121. The summed E-state index contributed by atoms with van der Waals surface area (Å²) in [6, 6.07) is 13.4. The fourth-order valence-electron chi connectivity index (χ4n) is 3.34. The van der Waals surface area contributed by atoms with Crippen LogP contribution in [0.2, 0.25) is 0 Å². The Balaban J connectivity index is 1.51. The van der Waals surface area contributed by atoms with E-state index in [-0.39, 0.29) is 24.4 Å². The van der Waals surface area contributed by atoms with Crippen molar-refractivity contribution in [1.82, 2.24) is 19.3 Å². The third-order valence-corrected chi connectivity index (χ3v) is 5.04. The van der Waals surface area contributed by atoms with Gasteiger partial charge in [-0.3, -0.25) is 14.2 Å². The van der Waals surface area contributed by atoms with Crippen molar-refractivity contribution in [2.75, 3.05) is 12.4 Å². The van der Waals surface area contributed by atoms with Crippen LogP contribution in [0.25, 0.3) is 16.7 Å². The molecule has 4 rings (SSSR count). The minimum atomic E-state index is -0.232. The molecule has 1 amide bonds. The molecule has 31 heavy (non-hydrogen) atoms. The molecule has 0 saturated carbocycles. The van der Waals surface area contributed by atoms with Crippen molar-refractivity contribution < 1.29 is 9.53 Å². The van der Waals surface area contributed by atoms with Crippen LogP contribution in [0, 0.1) is 13.8 Å². The highest BCUT2D eigenvalue weighted by atomic mass is 16.5. The van der Waals surface area contributed by atoms with Crippen molar-refractivity contribution in [3.05, 3.63) is 76.5 Å². The number of rotatable bonds is 6. The van der Waals surface area contributed by atoms with E-state index in [1.807, 2.05) is 50.2 Å². The number of carbonyl (C=O) groups is 1. The van der Waals surface area contributed by atoms with Crippen molar-refractivity contribution in [2.45, 2.75) is 26.8 Å². The zero-order chi connectivity index (χ0) is 22.0. The summed E-state index contributed by atoms with van der Waals surface area (Å²) in [5, 5.41) is 7.57. The number of methoxy groups -OCH3 is 1. The van der Waals surface area contributed by atoms with Gasteiger partial charge in [0.25, 0.3) is 5.56 Å². The van der Waals surface area contributed by atoms with Gasteiger partial charge < -0.3 is 10.1 Å². The smallest absolute Gasteiger partial charge is 0.264 e. The fraction of sp³-hybridized carbons (Fsp3) is 0.217. The van der Waals surface area contributed by atoms with Crippen LogP contribution in [-0.4, -0.2) is 32.3 Å². The van der Waals surface area contributed by atoms with Crippen molar-refractivity contribution in [1.29, 1.82) is 0 Å². The number of fused-ring (bicyclic) bond motifs is 1. The quantitative estimate of drug-likeness (QED) is 0.520. The zero-order valence-corrected chi connectivity index (χ0v) is 17.6. The standard InChI is InChI=1S/C23H23N5O3/c1-15-4-7-17(8-5-15)28-22-18(13-25-28)23(30)27(14-24-22)11-10-21(29)26-19-12-16(2)6-9-20(19)31-3/h4-9,12-14H,10-11H2,1-3H3,(H,26,29). The van der Waals surface area contributed by atoms with Gasteiger partial charge in [-0.2, -0.15) is 5.10 Å². The first-order valence-electron chi connectivity index (χ1n) is 9.91. The van der Waals surface area contributed by atoms with Gasteiger partial charge in [0.05, 0.1) is 31.0 Å². The first-order valence-corrected chi connectivity index (χ1v) is 9.91. The van der Waals surface area contributed by atoms with Crippen molar-refractivity contribution >= 4 is 22.6 Å². The predicted octanol–water partition coefficient (Wildman–Crippen LogP) is 3.24. The molecule has 8 heteroatoms. The Labute approximate surface area is 179 Å². The SMILES string of the molecule is COc1ccc(C)cc1NC(=O)CCn1cnc2c(cnn2-c2ccc(C)cc2)c1=O. The molecule has 0 unspecified atom stereocenters. The lowest BCUT2D eigenvalue weighted by molar-refractivity contribution is -0.116. The number of amides is 1. The maximum atomic E-state index is 12.9. The molecule has 0 radical (unpaired) electrons. The number of hydrogen-bond donors (Lipinski definition) is 1. The molecule has 2 aromatic carbocycles. The van der Waals surface area contributed by atoms with E-state index in [0.717, 1.165) is 16.8 Å².